The van der Waals surface area contributed by atoms with Crippen molar-refractivity contribution in [3.8, 4) is 0 Å². The maximum absolute atomic E-state index is 12.1. The molecule has 0 aliphatic heterocycles. The van der Waals surface area contributed by atoms with E-state index in [4.69, 9.17) is 0 Å². The van der Waals surface area contributed by atoms with Crippen LogP contribution in [0.2, 0.25) is 0 Å². The highest BCUT2D eigenvalue weighted by atomic mass is 32.2. The van der Waals surface area contributed by atoms with Crippen LogP contribution in [0.3, 0.4) is 0 Å². The van der Waals surface area contributed by atoms with Crippen LogP contribution in [0.25, 0.3) is 10.2 Å². The van der Waals surface area contributed by atoms with Gasteiger partial charge in [-0.2, -0.15) is 0 Å². The molecular weight excluding hydrogens is 402 g/mol. The van der Waals surface area contributed by atoms with E-state index in [1.807, 2.05) is 18.2 Å². The predicted molar refractivity (Wildman–Crippen MR) is 110 cm³/mol. The molecule has 0 aliphatic rings. The summed E-state index contributed by atoms with van der Waals surface area (Å²) in [4.78, 5) is 17.4. The highest BCUT2D eigenvalue weighted by Crippen LogP contribution is 2.24. The number of para-hydroxylation sites is 1. The normalized spacial score (nSPS) is 12.0. The fourth-order valence-electron chi connectivity index (χ4n) is 2.47. The van der Waals surface area contributed by atoms with Gasteiger partial charge in [-0.1, -0.05) is 12.1 Å². The first-order chi connectivity index (χ1) is 12.9. The van der Waals surface area contributed by atoms with Gasteiger partial charge in [-0.05, 0) is 37.1 Å². The second-order valence-electron chi connectivity index (χ2n) is 6.21. The van der Waals surface area contributed by atoms with E-state index in [1.165, 1.54) is 29.7 Å². The van der Waals surface area contributed by atoms with Crippen molar-refractivity contribution >= 4 is 48.8 Å². The molecule has 3 rings (SSSR count). The third-order valence-electron chi connectivity index (χ3n) is 3.96. The Morgan fingerprint density at radius 1 is 1.15 bits per heavy atom. The first-order valence-corrected chi connectivity index (χ1v) is 11.6. The van der Waals surface area contributed by atoms with Crippen molar-refractivity contribution in [2.75, 3.05) is 14.1 Å². The number of carbonyl (C=O) groups is 1. The van der Waals surface area contributed by atoms with Crippen LogP contribution in [-0.2, 0) is 27.8 Å². The van der Waals surface area contributed by atoms with Gasteiger partial charge in [0.1, 0.15) is 4.21 Å². The maximum atomic E-state index is 12.1. The van der Waals surface area contributed by atoms with Crippen molar-refractivity contribution in [3.05, 3.63) is 46.3 Å². The Balaban J connectivity index is 1.45. The van der Waals surface area contributed by atoms with Crippen LogP contribution in [0, 0.1) is 0 Å². The lowest BCUT2D eigenvalue weighted by Crippen LogP contribution is -2.22. The average molecular weight is 424 g/mol. The molecular formula is C18H21N3O3S3. The van der Waals surface area contributed by atoms with Crippen LogP contribution in [0.15, 0.2) is 40.6 Å². The predicted octanol–water partition coefficient (Wildman–Crippen LogP) is 3.25. The third-order valence-corrected chi connectivity index (χ3v) is 8.43. The zero-order chi connectivity index (χ0) is 19.4. The Morgan fingerprint density at radius 3 is 2.67 bits per heavy atom. The van der Waals surface area contributed by atoms with Gasteiger partial charge >= 0.3 is 0 Å². The number of nitrogens with one attached hydrogen (secondary N) is 1. The summed E-state index contributed by atoms with van der Waals surface area (Å²) in [6.45, 7) is 0.341. The molecule has 144 valence electrons. The number of hydrogen-bond acceptors (Lipinski definition) is 6. The van der Waals surface area contributed by atoms with Crippen LogP contribution in [0.5, 0.6) is 0 Å². The molecule has 0 saturated carbocycles. The third kappa shape index (κ3) is 4.92. The molecule has 0 fully saturated rings. The van der Waals surface area contributed by atoms with Crippen molar-refractivity contribution in [2.24, 2.45) is 0 Å². The van der Waals surface area contributed by atoms with Crippen LogP contribution in [-0.4, -0.2) is 37.7 Å². The fourth-order valence-corrected chi connectivity index (χ4v) is 5.95. The molecule has 0 unspecified atom stereocenters. The van der Waals surface area contributed by atoms with Crippen molar-refractivity contribution < 1.29 is 13.2 Å². The van der Waals surface area contributed by atoms with Crippen molar-refractivity contribution in [2.45, 2.75) is 30.0 Å². The van der Waals surface area contributed by atoms with Gasteiger partial charge < -0.3 is 5.32 Å². The first kappa shape index (κ1) is 19.9. The molecule has 1 amide bonds. The summed E-state index contributed by atoms with van der Waals surface area (Å²) in [5.41, 5.74) is 1.00. The summed E-state index contributed by atoms with van der Waals surface area (Å²) in [6, 6.07) is 11.3. The van der Waals surface area contributed by atoms with E-state index >= 15 is 0 Å². The molecule has 1 aromatic carbocycles. The van der Waals surface area contributed by atoms with Gasteiger partial charge in [0.15, 0.2) is 0 Å². The maximum Gasteiger partial charge on any atom is 0.252 e. The number of aryl methyl sites for hydroxylation is 1. The van der Waals surface area contributed by atoms with E-state index in [-0.39, 0.29) is 10.1 Å². The summed E-state index contributed by atoms with van der Waals surface area (Å²) in [5, 5.41) is 3.89. The molecule has 2 aromatic heterocycles. The summed E-state index contributed by atoms with van der Waals surface area (Å²) >= 11 is 2.85. The van der Waals surface area contributed by atoms with Gasteiger partial charge in [0.25, 0.3) is 10.0 Å². The van der Waals surface area contributed by atoms with Gasteiger partial charge in [0.2, 0.25) is 5.91 Å². The SMILES string of the molecule is CN(C)S(=O)(=O)c1ccc(CNC(=O)CCCc2nc3ccccc3s2)s1. The van der Waals surface area contributed by atoms with Crippen LogP contribution in [0.1, 0.15) is 22.7 Å². The van der Waals surface area contributed by atoms with E-state index in [9.17, 15) is 13.2 Å². The topological polar surface area (TPSA) is 79.4 Å². The monoisotopic (exact) mass is 423 g/mol. The van der Waals surface area contributed by atoms with Gasteiger partial charge in [0, 0.05) is 25.4 Å². The summed E-state index contributed by atoms with van der Waals surface area (Å²) < 4.78 is 26.8. The summed E-state index contributed by atoms with van der Waals surface area (Å²) in [5.74, 6) is -0.0403. The first-order valence-electron chi connectivity index (χ1n) is 8.48. The Morgan fingerprint density at radius 2 is 1.93 bits per heavy atom. The van der Waals surface area contributed by atoms with E-state index in [2.05, 4.69) is 16.4 Å². The smallest absolute Gasteiger partial charge is 0.252 e. The number of hydrogen-bond donors (Lipinski definition) is 1. The Bertz CT molecular complexity index is 1010. The number of amides is 1. The average Bonchev–Trinajstić information content (AvgIpc) is 3.26. The molecule has 0 spiro atoms. The zero-order valence-electron chi connectivity index (χ0n) is 15.1. The lowest BCUT2D eigenvalue weighted by atomic mass is 10.2. The molecule has 0 bridgehead atoms. The number of thiazole rings is 1. The zero-order valence-corrected chi connectivity index (χ0v) is 17.6. The van der Waals surface area contributed by atoms with Crippen molar-refractivity contribution in [1.29, 1.82) is 0 Å². The second kappa shape index (κ2) is 8.47. The summed E-state index contributed by atoms with van der Waals surface area (Å²) in [6.07, 6.45) is 1.93. The lowest BCUT2D eigenvalue weighted by Gasteiger charge is -2.08. The highest BCUT2D eigenvalue weighted by molar-refractivity contribution is 7.91. The van der Waals surface area contributed by atoms with Crippen LogP contribution < -0.4 is 5.32 Å². The number of benzene rings is 1. The minimum Gasteiger partial charge on any atom is -0.351 e. The van der Waals surface area contributed by atoms with E-state index in [0.29, 0.717) is 13.0 Å². The number of carbonyl (C=O) groups excluding carboxylic acids is 1. The van der Waals surface area contributed by atoms with Gasteiger partial charge in [-0.15, -0.1) is 22.7 Å². The number of fused-ring (bicyclic) bond motifs is 1. The number of nitrogens with zero attached hydrogens (tertiary/aromatic N) is 2. The molecule has 0 atom stereocenters. The van der Waals surface area contributed by atoms with E-state index < -0.39 is 10.0 Å². The largest absolute Gasteiger partial charge is 0.351 e. The standard InChI is InChI=1S/C18H21N3O3S3/c1-21(2)27(23,24)18-11-10-13(25-18)12-19-16(22)8-5-9-17-20-14-6-3-4-7-15(14)26-17/h3-4,6-7,10-11H,5,8-9,12H2,1-2H3,(H,19,22). The molecule has 1 N–H and O–H groups in total. The number of aromatic nitrogens is 1. The highest BCUT2D eigenvalue weighted by Gasteiger charge is 2.19. The van der Waals surface area contributed by atoms with Gasteiger partial charge in [-0.25, -0.2) is 17.7 Å². The Hall–Kier alpha value is -1.81. The minimum atomic E-state index is -3.42. The summed E-state index contributed by atoms with van der Waals surface area (Å²) in [7, 11) is -0.413. The number of thiophene rings is 1. The van der Waals surface area contributed by atoms with Crippen LogP contribution in [0.4, 0.5) is 0 Å². The Kier molecular flexibility index (Phi) is 6.25. The van der Waals surface area contributed by atoms with E-state index in [0.717, 1.165) is 32.9 Å². The van der Waals surface area contributed by atoms with Crippen LogP contribution >= 0.6 is 22.7 Å². The molecule has 0 aliphatic carbocycles. The molecule has 27 heavy (non-hydrogen) atoms. The molecule has 2 heterocycles. The van der Waals surface area contributed by atoms with Crippen molar-refractivity contribution in [3.63, 3.8) is 0 Å². The van der Waals surface area contributed by atoms with Gasteiger partial charge in [0.05, 0.1) is 21.8 Å². The number of rotatable bonds is 8. The fraction of sp³-hybridized carbons (Fsp3) is 0.333. The quantitative estimate of drug-likeness (QED) is 0.603. The number of sulfonamides is 1. The molecule has 3 aromatic rings. The Labute approximate surface area is 166 Å². The molecule has 0 radical (unpaired) electrons. The van der Waals surface area contributed by atoms with E-state index in [1.54, 1.807) is 23.5 Å². The van der Waals surface area contributed by atoms with Crippen molar-refractivity contribution in [1.82, 2.24) is 14.6 Å². The lowest BCUT2D eigenvalue weighted by molar-refractivity contribution is -0.121. The van der Waals surface area contributed by atoms with Gasteiger partial charge in [-0.3, -0.25) is 4.79 Å². The second-order valence-corrected chi connectivity index (χ2v) is 10.9. The molecule has 0 saturated heterocycles. The molecule has 6 nitrogen and oxygen atoms in total. The minimum absolute atomic E-state index is 0.0403. The molecule has 9 heteroatoms.